The van der Waals surface area contributed by atoms with E-state index in [1.807, 2.05) is 0 Å². The summed E-state index contributed by atoms with van der Waals surface area (Å²) in [5, 5.41) is 16.7. The van der Waals surface area contributed by atoms with Crippen LogP contribution in [-0.2, 0) is 11.0 Å². The average molecular weight is 355 g/mol. The number of pyridine rings is 1. The van der Waals surface area contributed by atoms with Crippen LogP contribution in [0.15, 0.2) is 18.3 Å². The molecule has 2 N–H and O–H groups in total. The van der Waals surface area contributed by atoms with Gasteiger partial charge in [0, 0.05) is 11.8 Å². The first-order chi connectivity index (χ1) is 11.5. The molecule has 2 aromatic heterocycles. The first-order valence-electron chi connectivity index (χ1n) is 8.16. The third-order valence-electron chi connectivity index (χ3n) is 4.36. The smallest absolute Gasteiger partial charge is 0.390 e. The maximum absolute atomic E-state index is 13.0. The van der Waals surface area contributed by atoms with E-state index in [2.05, 4.69) is 10.4 Å². The fraction of sp³-hybridized carbons (Fsp3) is 0.529. The minimum atomic E-state index is -4.44. The lowest BCUT2D eigenvalue weighted by Crippen LogP contribution is -2.27. The van der Waals surface area contributed by atoms with Crippen LogP contribution in [-0.4, -0.2) is 26.2 Å². The summed E-state index contributed by atoms with van der Waals surface area (Å²) in [6.07, 6.45) is -0.603. The molecule has 5 nitrogen and oxygen atoms in total. The molecule has 1 aliphatic rings. The second-order valence-electron chi connectivity index (χ2n) is 7.17. The molecule has 1 fully saturated rings. The van der Waals surface area contributed by atoms with Crippen molar-refractivity contribution in [1.82, 2.24) is 9.61 Å². The van der Waals surface area contributed by atoms with Crippen molar-refractivity contribution in [3.8, 4) is 0 Å². The number of hydrogen-bond acceptors (Lipinski definition) is 3. The first-order valence-corrected chi connectivity index (χ1v) is 8.16. The number of fused-ring (bicyclic) bond motifs is 1. The first kappa shape index (κ1) is 17.7. The minimum absolute atomic E-state index is 0.0819. The number of nitrogens with one attached hydrogen (secondary N) is 1. The molecule has 0 atom stereocenters. The summed E-state index contributed by atoms with van der Waals surface area (Å²) in [7, 11) is 0. The predicted octanol–water partition coefficient (Wildman–Crippen LogP) is 3.72. The summed E-state index contributed by atoms with van der Waals surface area (Å²) in [5.74, 6) is -0.0655. The maximum Gasteiger partial charge on any atom is 0.416 e. The molecule has 1 aliphatic carbocycles. The molecule has 1 saturated carbocycles. The Balaban J connectivity index is 2.01. The standard InChI is InChI=1S/C17H20F3N3O2/c1-16(2,25)9-13(24)21-15-14(10-4-3-5-10)12-8-11(17(18,19)20)6-7-23(12)22-15/h6-8,10,25H,3-5,9H2,1-2H3,(H,21,22,24). The Kier molecular flexibility index (Phi) is 4.26. The quantitative estimate of drug-likeness (QED) is 0.878. The Morgan fingerprint density at radius 2 is 2.08 bits per heavy atom. The zero-order valence-corrected chi connectivity index (χ0v) is 14.0. The van der Waals surface area contributed by atoms with Crippen LogP contribution in [0.2, 0.25) is 0 Å². The molecule has 0 bridgehead atoms. The predicted molar refractivity (Wildman–Crippen MR) is 86.3 cm³/mol. The summed E-state index contributed by atoms with van der Waals surface area (Å²) >= 11 is 0. The molecular formula is C17H20F3N3O2. The highest BCUT2D eigenvalue weighted by molar-refractivity contribution is 5.92. The molecule has 0 aliphatic heterocycles. The van der Waals surface area contributed by atoms with Gasteiger partial charge in [-0.05, 0) is 44.7 Å². The molecule has 0 aromatic carbocycles. The van der Waals surface area contributed by atoms with Crippen LogP contribution in [0, 0.1) is 0 Å². The molecule has 8 heteroatoms. The molecule has 2 aromatic rings. The summed E-state index contributed by atoms with van der Waals surface area (Å²) in [4.78, 5) is 12.1. The molecule has 3 rings (SSSR count). The molecule has 0 saturated heterocycles. The van der Waals surface area contributed by atoms with Gasteiger partial charge in [0.15, 0.2) is 5.82 Å². The zero-order chi connectivity index (χ0) is 18.4. The second kappa shape index (κ2) is 6.01. The van der Waals surface area contributed by atoms with Gasteiger partial charge in [-0.3, -0.25) is 4.79 Å². The Morgan fingerprint density at radius 3 is 2.60 bits per heavy atom. The van der Waals surface area contributed by atoms with Crippen molar-refractivity contribution in [1.29, 1.82) is 0 Å². The highest BCUT2D eigenvalue weighted by Crippen LogP contribution is 2.43. The third kappa shape index (κ3) is 3.78. The van der Waals surface area contributed by atoms with E-state index in [4.69, 9.17) is 0 Å². The molecule has 0 unspecified atom stereocenters. The number of alkyl halides is 3. The highest BCUT2D eigenvalue weighted by Gasteiger charge is 2.33. The van der Waals surface area contributed by atoms with E-state index >= 15 is 0 Å². The Labute approximate surface area is 142 Å². The normalized spacial score (nSPS) is 16.1. The van der Waals surface area contributed by atoms with Crippen LogP contribution in [0.3, 0.4) is 0 Å². The minimum Gasteiger partial charge on any atom is -0.390 e. The number of nitrogens with zero attached hydrogens (tertiary/aromatic N) is 2. The van der Waals surface area contributed by atoms with Gasteiger partial charge in [-0.25, -0.2) is 4.52 Å². The summed E-state index contributed by atoms with van der Waals surface area (Å²) < 4.78 is 40.4. The van der Waals surface area contributed by atoms with E-state index in [9.17, 15) is 23.1 Å². The SMILES string of the molecule is CC(C)(O)CC(=O)Nc1nn2ccc(C(F)(F)F)cc2c1C1CCC1. The van der Waals surface area contributed by atoms with Crippen molar-refractivity contribution in [2.45, 2.75) is 57.2 Å². The van der Waals surface area contributed by atoms with Crippen LogP contribution < -0.4 is 5.32 Å². The van der Waals surface area contributed by atoms with Gasteiger partial charge in [0.1, 0.15) is 0 Å². The van der Waals surface area contributed by atoms with Crippen LogP contribution >= 0.6 is 0 Å². The monoisotopic (exact) mass is 355 g/mol. The molecule has 0 radical (unpaired) electrons. The fourth-order valence-corrected chi connectivity index (χ4v) is 3.00. The third-order valence-corrected chi connectivity index (χ3v) is 4.36. The lowest BCUT2D eigenvalue weighted by Gasteiger charge is -2.26. The topological polar surface area (TPSA) is 66.6 Å². The van der Waals surface area contributed by atoms with Gasteiger partial charge in [-0.15, -0.1) is 5.10 Å². The van der Waals surface area contributed by atoms with E-state index in [0.29, 0.717) is 11.1 Å². The maximum atomic E-state index is 13.0. The lowest BCUT2D eigenvalue weighted by molar-refractivity contribution is -0.137. The molecular weight excluding hydrogens is 335 g/mol. The molecule has 2 heterocycles. The number of aromatic nitrogens is 2. The van der Waals surface area contributed by atoms with Crippen molar-refractivity contribution in [3.05, 3.63) is 29.5 Å². The number of rotatable bonds is 4. The van der Waals surface area contributed by atoms with Gasteiger partial charge < -0.3 is 10.4 Å². The van der Waals surface area contributed by atoms with Gasteiger partial charge >= 0.3 is 6.18 Å². The lowest BCUT2D eigenvalue weighted by atomic mass is 9.80. The van der Waals surface area contributed by atoms with Crippen LogP contribution in [0.4, 0.5) is 19.0 Å². The van der Waals surface area contributed by atoms with Crippen molar-refractivity contribution in [3.63, 3.8) is 0 Å². The number of amides is 1. The number of hydrogen-bond donors (Lipinski definition) is 2. The van der Waals surface area contributed by atoms with Crippen molar-refractivity contribution in [2.75, 3.05) is 5.32 Å². The second-order valence-corrected chi connectivity index (χ2v) is 7.17. The van der Waals surface area contributed by atoms with E-state index in [1.165, 1.54) is 24.6 Å². The zero-order valence-electron chi connectivity index (χ0n) is 14.0. The van der Waals surface area contributed by atoms with Gasteiger partial charge in [0.05, 0.1) is 23.1 Å². The number of anilines is 1. The molecule has 25 heavy (non-hydrogen) atoms. The van der Waals surface area contributed by atoms with Crippen LogP contribution in [0.25, 0.3) is 5.52 Å². The van der Waals surface area contributed by atoms with E-state index in [0.717, 1.165) is 31.4 Å². The summed E-state index contributed by atoms with van der Waals surface area (Å²) in [5.41, 5.74) is -0.919. The summed E-state index contributed by atoms with van der Waals surface area (Å²) in [6.45, 7) is 3.03. The van der Waals surface area contributed by atoms with Crippen LogP contribution in [0.1, 0.15) is 56.6 Å². The fourth-order valence-electron chi connectivity index (χ4n) is 3.00. The van der Waals surface area contributed by atoms with Crippen molar-refractivity contribution in [2.24, 2.45) is 0 Å². The highest BCUT2D eigenvalue weighted by atomic mass is 19.4. The van der Waals surface area contributed by atoms with E-state index in [1.54, 1.807) is 0 Å². The van der Waals surface area contributed by atoms with Gasteiger partial charge in [-0.1, -0.05) is 6.42 Å². The van der Waals surface area contributed by atoms with Gasteiger partial charge in [0.25, 0.3) is 0 Å². The van der Waals surface area contributed by atoms with Crippen molar-refractivity contribution < 1.29 is 23.1 Å². The Hall–Kier alpha value is -2.09. The van der Waals surface area contributed by atoms with Gasteiger partial charge in [0.2, 0.25) is 5.91 Å². The molecule has 136 valence electrons. The largest absolute Gasteiger partial charge is 0.416 e. The number of halogens is 3. The molecule has 0 spiro atoms. The Bertz CT molecular complexity index is 802. The van der Waals surface area contributed by atoms with E-state index in [-0.39, 0.29) is 18.2 Å². The number of carbonyl (C=O) groups is 1. The summed E-state index contributed by atoms with van der Waals surface area (Å²) in [6, 6.07) is 2.04. The van der Waals surface area contributed by atoms with Gasteiger partial charge in [-0.2, -0.15) is 13.2 Å². The number of aliphatic hydroxyl groups is 1. The Morgan fingerprint density at radius 1 is 1.40 bits per heavy atom. The number of carbonyl (C=O) groups excluding carboxylic acids is 1. The van der Waals surface area contributed by atoms with Crippen LogP contribution in [0.5, 0.6) is 0 Å². The van der Waals surface area contributed by atoms with E-state index < -0.39 is 23.2 Å². The molecule has 1 amide bonds. The van der Waals surface area contributed by atoms with Crippen molar-refractivity contribution >= 4 is 17.2 Å². The average Bonchev–Trinajstić information content (AvgIpc) is 2.71.